The average molecular weight is 470 g/mol. The van der Waals surface area contributed by atoms with E-state index in [2.05, 4.69) is 37.5 Å². The third-order valence-corrected chi connectivity index (χ3v) is 9.80. The quantitative estimate of drug-likeness (QED) is 0.216. The maximum atomic E-state index is 11.4. The van der Waals surface area contributed by atoms with Crippen molar-refractivity contribution < 1.29 is 9.53 Å². The lowest BCUT2D eigenvalue weighted by atomic mass is 9.78. The van der Waals surface area contributed by atoms with Gasteiger partial charge in [-0.25, -0.2) is 4.79 Å². The van der Waals surface area contributed by atoms with Crippen molar-refractivity contribution in [3.05, 3.63) is 24.8 Å². The molecule has 0 bridgehead atoms. The van der Waals surface area contributed by atoms with Gasteiger partial charge in [-0.1, -0.05) is 32.6 Å². The first kappa shape index (κ1) is 26.0. The molecule has 0 amide bonds. The predicted octanol–water partition coefficient (Wildman–Crippen LogP) is 7.85. The number of hydrogen-bond donors (Lipinski definition) is 0. The van der Waals surface area contributed by atoms with Gasteiger partial charge in [0.05, 0.1) is 0 Å². The summed E-state index contributed by atoms with van der Waals surface area (Å²) >= 11 is 0. The van der Waals surface area contributed by atoms with Crippen LogP contribution < -0.4 is 0 Å². The summed E-state index contributed by atoms with van der Waals surface area (Å²) in [5.41, 5.74) is 0. The van der Waals surface area contributed by atoms with Gasteiger partial charge in [0.15, 0.2) is 0 Å². The number of rotatable bonds is 7. The lowest BCUT2D eigenvalue weighted by molar-refractivity contribution is -0.144. The van der Waals surface area contributed by atoms with Gasteiger partial charge >= 0.3 is 5.97 Å². The van der Waals surface area contributed by atoms with E-state index in [-0.39, 0.29) is 12.1 Å². The lowest BCUT2D eigenvalue weighted by Gasteiger charge is -2.49. The molecule has 4 aliphatic carbocycles. The fourth-order valence-corrected chi connectivity index (χ4v) is 7.49. The van der Waals surface area contributed by atoms with Crippen LogP contribution in [-0.2, 0) is 9.53 Å². The highest BCUT2D eigenvalue weighted by atomic mass is 16.5. The molecule has 0 aromatic heterocycles. The first-order valence-electron chi connectivity index (χ1n) is 14.8. The molecular formula is C31H51NO2. The Bertz CT molecular complexity index is 633. The Morgan fingerprint density at radius 2 is 1.03 bits per heavy atom. The fourth-order valence-electron chi connectivity index (χ4n) is 7.49. The highest BCUT2D eigenvalue weighted by molar-refractivity contribution is 5.81. The van der Waals surface area contributed by atoms with Gasteiger partial charge in [0.2, 0.25) is 0 Å². The second-order valence-corrected chi connectivity index (χ2v) is 12.4. The molecule has 34 heavy (non-hydrogen) atoms. The first-order valence-corrected chi connectivity index (χ1v) is 14.8. The van der Waals surface area contributed by atoms with Crippen molar-refractivity contribution in [2.75, 3.05) is 0 Å². The van der Waals surface area contributed by atoms with Crippen LogP contribution in [0.4, 0.5) is 0 Å². The summed E-state index contributed by atoms with van der Waals surface area (Å²) in [7, 11) is 0. The zero-order chi connectivity index (χ0) is 23.9. The second kappa shape index (κ2) is 12.7. The van der Waals surface area contributed by atoms with Gasteiger partial charge in [0.25, 0.3) is 0 Å². The molecule has 0 heterocycles. The second-order valence-electron chi connectivity index (χ2n) is 12.4. The fraction of sp³-hybridized carbons (Fsp3) is 0.839. The number of esters is 1. The topological polar surface area (TPSA) is 29.5 Å². The van der Waals surface area contributed by atoms with Crippen LogP contribution in [0.1, 0.15) is 117 Å². The molecule has 3 nitrogen and oxygen atoms in total. The Morgan fingerprint density at radius 3 is 1.44 bits per heavy atom. The minimum absolute atomic E-state index is 0.0992. The monoisotopic (exact) mass is 469 g/mol. The van der Waals surface area contributed by atoms with Crippen molar-refractivity contribution in [3.63, 3.8) is 0 Å². The Balaban J connectivity index is 1.26. The molecule has 4 fully saturated rings. The minimum atomic E-state index is -0.268. The summed E-state index contributed by atoms with van der Waals surface area (Å²) in [5, 5.41) is 0. The van der Waals surface area contributed by atoms with Crippen LogP contribution in [0.25, 0.3) is 0 Å². The minimum Gasteiger partial charge on any atom is -0.459 e. The van der Waals surface area contributed by atoms with E-state index >= 15 is 0 Å². The Hall–Kier alpha value is -1.09. The van der Waals surface area contributed by atoms with Gasteiger partial charge in [-0.05, 0) is 126 Å². The Morgan fingerprint density at radius 1 is 0.647 bits per heavy atom. The van der Waals surface area contributed by atoms with Crippen molar-refractivity contribution in [2.24, 2.45) is 23.7 Å². The molecule has 192 valence electrons. The van der Waals surface area contributed by atoms with Gasteiger partial charge in [0.1, 0.15) is 6.10 Å². The van der Waals surface area contributed by atoms with Gasteiger partial charge in [0, 0.05) is 24.2 Å². The molecular weight excluding hydrogens is 418 g/mol. The molecule has 4 saturated carbocycles. The van der Waals surface area contributed by atoms with Gasteiger partial charge in [-0.2, -0.15) is 0 Å². The summed E-state index contributed by atoms with van der Waals surface area (Å²) in [6.45, 7) is 8.43. The zero-order valence-corrected chi connectivity index (χ0v) is 22.1. The average Bonchev–Trinajstić information content (AvgIpc) is 2.87. The van der Waals surface area contributed by atoms with Crippen molar-refractivity contribution >= 4 is 5.97 Å². The first-order chi connectivity index (χ1) is 16.5. The number of ether oxygens (including phenoxy) is 1. The number of carbonyl (C=O) groups is 1. The van der Waals surface area contributed by atoms with E-state index in [0.717, 1.165) is 61.6 Å². The van der Waals surface area contributed by atoms with E-state index in [9.17, 15) is 4.79 Å². The summed E-state index contributed by atoms with van der Waals surface area (Å²) in [4.78, 5) is 14.5. The van der Waals surface area contributed by atoms with Crippen molar-refractivity contribution in [1.82, 2.24) is 4.90 Å². The molecule has 0 spiro atoms. The van der Waals surface area contributed by atoms with Crippen LogP contribution in [0, 0.1) is 23.7 Å². The van der Waals surface area contributed by atoms with Crippen LogP contribution in [0.5, 0.6) is 0 Å². The molecule has 3 heteroatoms. The van der Waals surface area contributed by atoms with Crippen LogP contribution >= 0.6 is 0 Å². The largest absolute Gasteiger partial charge is 0.459 e. The summed E-state index contributed by atoms with van der Waals surface area (Å²) in [6.07, 6.45) is 27.8. The molecule has 0 radical (unpaired) electrons. The van der Waals surface area contributed by atoms with Crippen LogP contribution in [0.15, 0.2) is 24.8 Å². The molecule has 0 saturated heterocycles. The summed E-state index contributed by atoms with van der Waals surface area (Å²) in [6, 6.07) is 2.55. The molecule has 0 atom stereocenters. The molecule has 0 aromatic rings. The maximum absolute atomic E-state index is 11.4. The molecule has 0 aliphatic heterocycles. The number of hydrogen-bond acceptors (Lipinski definition) is 3. The third kappa shape index (κ3) is 7.21. The van der Waals surface area contributed by atoms with Gasteiger partial charge < -0.3 is 4.74 Å². The smallest absolute Gasteiger partial charge is 0.330 e. The zero-order valence-electron chi connectivity index (χ0n) is 22.1. The van der Waals surface area contributed by atoms with Crippen LogP contribution in [-0.4, -0.2) is 35.1 Å². The Kier molecular flexibility index (Phi) is 9.74. The standard InChI is InChI=1S/C31H51NO2/c1-4-31(33)34-30-21-13-26(14-22-30)10-9-25-11-19-29(20-12-25)32(27-15-5-23(2)6-16-27)28-17-7-24(3)8-18-28/h4,9-10,23-30H,1,5-8,11-22H2,2-3H3. The molecule has 4 aliphatic rings. The van der Waals surface area contributed by atoms with Crippen LogP contribution in [0.3, 0.4) is 0 Å². The van der Waals surface area contributed by atoms with Crippen molar-refractivity contribution in [3.8, 4) is 0 Å². The van der Waals surface area contributed by atoms with Crippen molar-refractivity contribution in [1.29, 1.82) is 0 Å². The highest BCUT2D eigenvalue weighted by Gasteiger charge is 2.37. The van der Waals surface area contributed by atoms with Crippen molar-refractivity contribution in [2.45, 2.75) is 141 Å². The summed E-state index contributed by atoms with van der Waals surface area (Å²) < 4.78 is 5.44. The SMILES string of the molecule is C=CC(=O)OC1CCC(C=CC2CCC(N(C3CCC(C)CC3)C3CCC(C)CC3)CC2)CC1. The molecule has 0 unspecified atom stereocenters. The van der Waals surface area contributed by atoms with E-state index in [4.69, 9.17) is 4.74 Å². The third-order valence-electron chi connectivity index (χ3n) is 9.80. The van der Waals surface area contributed by atoms with Gasteiger partial charge in [-0.15, -0.1) is 0 Å². The predicted molar refractivity (Wildman–Crippen MR) is 142 cm³/mol. The van der Waals surface area contributed by atoms with E-state index < -0.39 is 0 Å². The van der Waals surface area contributed by atoms with Crippen LogP contribution in [0.2, 0.25) is 0 Å². The number of carbonyl (C=O) groups excluding carboxylic acids is 1. The summed E-state index contributed by atoms with van der Waals surface area (Å²) in [5.74, 6) is 3.05. The highest BCUT2D eigenvalue weighted by Crippen LogP contribution is 2.39. The van der Waals surface area contributed by atoms with E-state index in [1.165, 1.54) is 83.1 Å². The Labute approximate surface area is 209 Å². The van der Waals surface area contributed by atoms with E-state index in [0.29, 0.717) is 5.92 Å². The molecule has 4 rings (SSSR count). The number of allylic oxidation sites excluding steroid dienone is 2. The molecule has 0 N–H and O–H groups in total. The number of nitrogens with zero attached hydrogens (tertiary/aromatic N) is 1. The van der Waals surface area contributed by atoms with Gasteiger partial charge in [-0.3, -0.25) is 4.90 Å². The lowest BCUT2D eigenvalue weighted by Crippen LogP contribution is -2.52. The van der Waals surface area contributed by atoms with E-state index in [1.54, 1.807) is 0 Å². The molecule has 0 aromatic carbocycles. The van der Waals surface area contributed by atoms with E-state index in [1.807, 2.05) is 0 Å². The maximum Gasteiger partial charge on any atom is 0.330 e. The normalized spacial score (nSPS) is 39.7.